The van der Waals surface area contributed by atoms with Gasteiger partial charge in [-0.15, -0.1) is 0 Å². The molecule has 4 atom stereocenters. The summed E-state index contributed by atoms with van der Waals surface area (Å²) in [5.74, 6) is 3.14. The van der Waals surface area contributed by atoms with Crippen LogP contribution < -0.4 is 15.2 Å². The number of furan rings is 1. The number of hydrogen-bond acceptors (Lipinski definition) is 9. The molecule has 0 unspecified atom stereocenters. The van der Waals surface area contributed by atoms with E-state index >= 15 is 0 Å². The molecule has 230 valence electrons. The molecule has 8 nitrogen and oxygen atoms in total. The number of rotatable bonds is 11. The summed E-state index contributed by atoms with van der Waals surface area (Å²) in [5.41, 5.74) is 8.44. The third-order valence-corrected chi connectivity index (χ3v) is 10.2. The Morgan fingerprint density at radius 3 is 2.66 bits per heavy atom. The molecule has 3 aliphatic rings. The van der Waals surface area contributed by atoms with Crippen LogP contribution in [0.25, 0.3) is 17.4 Å². The lowest BCUT2D eigenvalue weighted by Gasteiger charge is -2.30. The van der Waals surface area contributed by atoms with Gasteiger partial charge in [-0.25, -0.2) is 4.79 Å². The van der Waals surface area contributed by atoms with Crippen LogP contribution in [0, 0.1) is 11.8 Å². The molecule has 2 N–H and O–H groups in total. The van der Waals surface area contributed by atoms with Gasteiger partial charge >= 0.3 is 5.97 Å². The first kappa shape index (κ1) is 30.4. The Balaban J connectivity index is 1.22. The molecule has 1 amide bonds. The lowest BCUT2D eigenvalue weighted by Crippen LogP contribution is -2.41. The van der Waals surface area contributed by atoms with Crippen LogP contribution >= 0.6 is 24.0 Å². The quantitative estimate of drug-likeness (QED) is 0.109. The second-order valence-electron chi connectivity index (χ2n) is 11.5. The van der Waals surface area contributed by atoms with Crippen molar-refractivity contribution >= 4 is 46.3 Å². The SMILES string of the molecule is COc1ccc(-c2cc(CCCOC(=O)[C@@H](N)c3ccccc3)c(/C=C3\SC(=S)N([C@H]4C[C@H]5CC[C@H]4C5)C3=O)o2)c(OC)c1. The lowest BCUT2D eigenvalue weighted by atomic mass is 9.94. The maximum absolute atomic E-state index is 13.7. The van der Waals surface area contributed by atoms with E-state index in [4.69, 9.17) is 36.6 Å². The molecule has 1 aromatic heterocycles. The van der Waals surface area contributed by atoms with Crippen molar-refractivity contribution in [3.05, 3.63) is 76.4 Å². The Bertz CT molecular complexity index is 1590. The number of esters is 1. The Labute approximate surface area is 266 Å². The first-order valence-corrected chi connectivity index (χ1v) is 16.2. The third-order valence-electron chi connectivity index (χ3n) is 8.88. The van der Waals surface area contributed by atoms with E-state index in [9.17, 15) is 9.59 Å². The van der Waals surface area contributed by atoms with E-state index in [1.54, 1.807) is 38.5 Å². The zero-order valence-electron chi connectivity index (χ0n) is 24.8. The largest absolute Gasteiger partial charge is 0.497 e. The first-order valence-electron chi connectivity index (χ1n) is 15.0. The summed E-state index contributed by atoms with van der Waals surface area (Å²) in [6.07, 6.45) is 7.54. The lowest BCUT2D eigenvalue weighted by molar-refractivity contribution is -0.145. The maximum Gasteiger partial charge on any atom is 0.327 e. The highest BCUT2D eigenvalue weighted by molar-refractivity contribution is 8.26. The number of nitrogens with zero attached hydrogens (tertiary/aromatic N) is 1. The van der Waals surface area contributed by atoms with Gasteiger partial charge < -0.3 is 24.4 Å². The van der Waals surface area contributed by atoms with Gasteiger partial charge in [-0.3, -0.25) is 9.69 Å². The maximum atomic E-state index is 13.7. The third kappa shape index (κ3) is 6.16. The van der Waals surface area contributed by atoms with Gasteiger partial charge in [0.2, 0.25) is 0 Å². The second kappa shape index (κ2) is 13.2. The van der Waals surface area contributed by atoms with E-state index in [1.807, 2.05) is 41.3 Å². The van der Waals surface area contributed by atoms with Gasteiger partial charge in [0.15, 0.2) is 0 Å². The van der Waals surface area contributed by atoms with Crippen molar-refractivity contribution in [1.82, 2.24) is 4.90 Å². The number of carbonyl (C=O) groups is 2. The summed E-state index contributed by atoms with van der Waals surface area (Å²) in [7, 11) is 3.20. The minimum absolute atomic E-state index is 0.0488. The Morgan fingerprint density at radius 1 is 1.14 bits per heavy atom. The molecule has 6 rings (SSSR count). The highest BCUT2D eigenvalue weighted by atomic mass is 32.2. The van der Waals surface area contributed by atoms with Crippen LogP contribution in [-0.2, 0) is 20.7 Å². The van der Waals surface area contributed by atoms with Crippen LogP contribution in [0.4, 0.5) is 0 Å². The first-order chi connectivity index (χ1) is 21.4. The Hall–Kier alpha value is -3.60. The molecule has 2 aromatic carbocycles. The van der Waals surface area contributed by atoms with Gasteiger partial charge in [0.1, 0.15) is 33.4 Å². The van der Waals surface area contributed by atoms with Crippen LogP contribution in [0.1, 0.15) is 55.0 Å². The van der Waals surface area contributed by atoms with Gasteiger partial charge in [0.05, 0.1) is 31.3 Å². The van der Waals surface area contributed by atoms with E-state index in [0.29, 0.717) is 62.5 Å². The number of nitrogens with two attached hydrogens (primary N) is 1. The van der Waals surface area contributed by atoms with Gasteiger partial charge in [-0.05, 0) is 73.3 Å². The van der Waals surface area contributed by atoms with Gasteiger partial charge in [0, 0.05) is 18.2 Å². The van der Waals surface area contributed by atoms with Crippen LogP contribution in [0.5, 0.6) is 11.5 Å². The van der Waals surface area contributed by atoms with Crippen LogP contribution in [0.2, 0.25) is 0 Å². The molecule has 2 bridgehead atoms. The van der Waals surface area contributed by atoms with E-state index in [0.717, 1.165) is 17.5 Å². The summed E-state index contributed by atoms with van der Waals surface area (Å²) in [5, 5.41) is 0. The fourth-order valence-corrected chi connectivity index (χ4v) is 7.97. The molecule has 1 saturated heterocycles. The highest BCUT2D eigenvalue weighted by Gasteiger charge is 2.48. The summed E-state index contributed by atoms with van der Waals surface area (Å²) in [6, 6.07) is 16.0. The van der Waals surface area contributed by atoms with Crippen molar-refractivity contribution in [3.63, 3.8) is 0 Å². The molecule has 3 fully saturated rings. The molecule has 10 heteroatoms. The average molecular weight is 633 g/mol. The molecule has 44 heavy (non-hydrogen) atoms. The predicted octanol–water partition coefficient (Wildman–Crippen LogP) is 6.53. The zero-order chi connectivity index (χ0) is 30.8. The van der Waals surface area contributed by atoms with E-state index < -0.39 is 12.0 Å². The van der Waals surface area contributed by atoms with Gasteiger partial charge in [-0.1, -0.05) is 60.7 Å². The fourth-order valence-electron chi connectivity index (χ4n) is 6.63. The number of carbonyl (C=O) groups excluding carboxylic acids is 2. The number of benzene rings is 2. The number of amides is 1. The predicted molar refractivity (Wildman–Crippen MR) is 174 cm³/mol. The summed E-state index contributed by atoms with van der Waals surface area (Å²) < 4.78 is 23.5. The number of fused-ring (bicyclic) bond motifs is 2. The van der Waals surface area contributed by atoms with Crippen LogP contribution in [-0.4, -0.2) is 48.0 Å². The summed E-state index contributed by atoms with van der Waals surface area (Å²) in [4.78, 5) is 28.6. The highest BCUT2D eigenvalue weighted by Crippen LogP contribution is 2.49. The Kier molecular flexibility index (Phi) is 9.11. The molecule has 2 saturated carbocycles. The van der Waals surface area contributed by atoms with Crippen molar-refractivity contribution in [2.75, 3.05) is 20.8 Å². The number of aryl methyl sites for hydroxylation is 1. The molecular formula is C34H36N2O6S2. The zero-order valence-corrected chi connectivity index (χ0v) is 26.5. The fraction of sp³-hybridized carbons (Fsp3) is 0.382. The number of hydrogen-bond donors (Lipinski definition) is 1. The monoisotopic (exact) mass is 632 g/mol. The van der Waals surface area contributed by atoms with Crippen molar-refractivity contribution in [3.8, 4) is 22.8 Å². The van der Waals surface area contributed by atoms with E-state index in [-0.39, 0.29) is 18.6 Å². The minimum Gasteiger partial charge on any atom is -0.497 e. The summed E-state index contributed by atoms with van der Waals surface area (Å²) in [6.45, 7) is 0.192. The summed E-state index contributed by atoms with van der Waals surface area (Å²) >= 11 is 7.05. The number of ether oxygens (including phenoxy) is 3. The molecule has 0 spiro atoms. The van der Waals surface area contributed by atoms with E-state index in [1.165, 1.54) is 31.0 Å². The van der Waals surface area contributed by atoms with Crippen LogP contribution in [0.3, 0.4) is 0 Å². The van der Waals surface area contributed by atoms with Gasteiger partial charge in [0.25, 0.3) is 5.91 Å². The number of thiocarbonyl (C=S) groups is 1. The number of methoxy groups -OCH3 is 2. The molecule has 2 aliphatic carbocycles. The van der Waals surface area contributed by atoms with E-state index in [2.05, 4.69) is 0 Å². The molecule has 2 heterocycles. The van der Waals surface area contributed by atoms with Crippen molar-refractivity contribution in [2.24, 2.45) is 17.6 Å². The smallest absolute Gasteiger partial charge is 0.327 e. The molecular weight excluding hydrogens is 597 g/mol. The topological polar surface area (TPSA) is 104 Å². The number of thioether (sulfide) groups is 1. The normalized spacial score (nSPS) is 22.6. The molecule has 3 aromatic rings. The molecule has 1 aliphatic heterocycles. The van der Waals surface area contributed by atoms with Crippen LogP contribution in [0.15, 0.2) is 63.9 Å². The minimum atomic E-state index is -0.841. The Morgan fingerprint density at radius 2 is 1.95 bits per heavy atom. The van der Waals surface area contributed by atoms with Crippen molar-refractivity contribution in [2.45, 2.75) is 50.6 Å². The van der Waals surface area contributed by atoms with Gasteiger partial charge in [-0.2, -0.15) is 0 Å². The standard InChI is InChI=1S/C34H36N2O6S2/c1-39-24-12-13-25(28(18-24)40-2)29-17-23(9-6-14-41-33(38)31(35)21-7-4-3-5-8-21)27(42-29)19-30-32(37)36(34(43)44-30)26-16-20-10-11-22(26)15-20/h3-5,7-8,12-13,17-20,22,26,31H,6,9-11,14-16,35H2,1-2H3/b30-19-/t20-,22-,26-,31-/m0/s1. The van der Waals surface area contributed by atoms with Crippen molar-refractivity contribution in [1.29, 1.82) is 0 Å². The van der Waals surface area contributed by atoms with Crippen molar-refractivity contribution < 1.29 is 28.2 Å². The average Bonchev–Trinajstić information content (AvgIpc) is 3.83. The molecule has 0 radical (unpaired) electrons. The second-order valence-corrected chi connectivity index (χ2v) is 13.2.